The summed E-state index contributed by atoms with van der Waals surface area (Å²) in [4.78, 5) is 42.5. The number of amides is 3. The minimum atomic E-state index is -5.08. The Morgan fingerprint density at radius 2 is 1.79 bits per heavy atom. The van der Waals surface area contributed by atoms with Crippen LogP contribution in [0.3, 0.4) is 0 Å². The lowest BCUT2D eigenvalue weighted by Crippen LogP contribution is -2.44. The number of carbonyl (C=O) groups is 3. The van der Waals surface area contributed by atoms with Gasteiger partial charge in [-0.05, 0) is 50.7 Å². The molecule has 9 nitrogen and oxygen atoms in total. The first-order chi connectivity index (χ1) is 15.8. The number of fused-ring (bicyclic) bond motifs is 1. The monoisotopic (exact) mass is 487 g/mol. The fourth-order valence-electron chi connectivity index (χ4n) is 3.33. The van der Waals surface area contributed by atoms with E-state index in [1.807, 2.05) is 43.8 Å². The minimum Gasteiger partial charge on any atom is -0.475 e. The highest BCUT2D eigenvalue weighted by Gasteiger charge is 2.38. The molecule has 1 aliphatic heterocycles. The first kappa shape index (κ1) is 27.2. The van der Waals surface area contributed by atoms with E-state index in [0.717, 1.165) is 17.8 Å². The van der Waals surface area contributed by atoms with Crippen LogP contribution in [0, 0.1) is 5.92 Å². The standard InChI is InChI=1S/C20H31N5O2.C2HF3O2/c1-13(2)22-20(27)25-9-7-15-11-16(19(26)21-12-14-5-6-14)18(24(3)4)23-17(15)8-10-25;3-2(4,5)1(6)7/h11,13-14H,5-10,12H2,1-4H3,(H,21,26)(H,22,27);(H,6,7). The van der Waals surface area contributed by atoms with Crippen LogP contribution < -0.4 is 15.5 Å². The van der Waals surface area contributed by atoms with Gasteiger partial charge in [-0.2, -0.15) is 13.2 Å². The molecular formula is C22H32F3N5O4. The number of halogens is 3. The Balaban J connectivity index is 0.000000509. The van der Waals surface area contributed by atoms with Gasteiger partial charge in [0, 0.05) is 51.9 Å². The van der Waals surface area contributed by atoms with Gasteiger partial charge in [-0.15, -0.1) is 0 Å². The topological polar surface area (TPSA) is 115 Å². The molecular weight excluding hydrogens is 455 g/mol. The van der Waals surface area contributed by atoms with Crippen molar-refractivity contribution in [2.24, 2.45) is 5.92 Å². The number of urea groups is 1. The van der Waals surface area contributed by atoms with E-state index in [2.05, 4.69) is 10.6 Å². The van der Waals surface area contributed by atoms with Gasteiger partial charge in [0.15, 0.2) is 0 Å². The van der Waals surface area contributed by atoms with Crippen LogP contribution >= 0.6 is 0 Å². The highest BCUT2D eigenvalue weighted by molar-refractivity contribution is 5.99. The van der Waals surface area contributed by atoms with Gasteiger partial charge in [-0.25, -0.2) is 14.6 Å². The molecule has 1 fully saturated rings. The highest BCUT2D eigenvalue weighted by Crippen LogP contribution is 2.28. The number of carboxylic acid groups (broad SMARTS) is 1. The van der Waals surface area contributed by atoms with E-state index < -0.39 is 12.1 Å². The Kier molecular flexibility index (Phi) is 9.11. The fourth-order valence-corrected chi connectivity index (χ4v) is 3.33. The number of carboxylic acids is 1. The summed E-state index contributed by atoms with van der Waals surface area (Å²) in [6.45, 7) is 5.94. The van der Waals surface area contributed by atoms with E-state index in [-0.39, 0.29) is 18.0 Å². The van der Waals surface area contributed by atoms with Crippen LogP contribution in [0.5, 0.6) is 0 Å². The van der Waals surface area contributed by atoms with Gasteiger partial charge < -0.3 is 25.5 Å². The van der Waals surface area contributed by atoms with Crippen LogP contribution in [0.15, 0.2) is 6.07 Å². The molecule has 1 aliphatic carbocycles. The summed E-state index contributed by atoms with van der Waals surface area (Å²) in [7, 11) is 3.82. The van der Waals surface area contributed by atoms with Gasteiger partial charge in [-0.1, -0.05) is 0 Å². The molecule has 1 aromatic rings. The number of aromatic nitrogens is 1. The van der Waals surface area contributed by atoms with E-state index in [4.69, 9.17) is 14.9 Å². The van der Waals surface area contributed by atoms with Gasteiger partial charge in [0.25, 0.3) is 5.91 Å². The average Bonchev–Trinajstić information content (AvgIpc) is 3.56. The molecule has 1 saturated carbocycles. The molecule has 190 valence electrons. The van der Waals surface area contributed by atoms with E-state index in [0.29, 0.717) is 43.2 Å². The van der Waals surface area contributed by atoms with E-state index in [1.165, 1.54) is 12.8 Å². The molecule has 0 atom stereocenters. The smallest absolute Gasteiger partial charge is 0.475 e. The highest BCUT2D eigenvalue weighted by atomic mass is 19.4. The Hall–Kier alpha value is -3.05. The summed E-state index contributed by atoms with van der Waals surface area (Å²) >= 11 is 0. The third kappa shape index (κ3) is 8.07. The maximum Gasteiger partial charge on any atom is 0.490 e. The quantitative estimate of drug-likeness (QED) is 0.588. The third-order valence-corrected chi connectivity index (χ3v) is 5.30. The van der Waals surface area contributed by atoms with Gasteiger partial charge >= 0.3 is 18.2 Å². The summed E-state index contributed by atoms with van der Waals surface area (Å²) in [5, 5.41) is 13.1. The number of hydrogen-bond acceptors (Lipinski definition) is 5. The van der Waals surface area contributed by atoms with Crippen molar-refractivity contribution < 1.29 is 32.7 Å². The van der Waals surface area contributed by atoms with E-state index >= 15 is 0 Å². The molecule has 3 N–H and O–H groups in total. The van der Waals surface area contributed by atoms with Crippen molar-refractivity contribution in [1.29, 1.82) is 0 Å². The Morgan fingerprint density at radius 1 is 1.21 bits per heavy atom. The lowest BCUT2D eigenvalue weighted by molar-refractivity contribution is -0.192. The van der Waals surface area contributed by atoms with Crippen molar-refractivity contribution in [3.63, 3.8) is 0 Å². The minimum absolute atomic E-state index is 0.0342. The lowest BCUT2D eigenvalue weighted by Gasteiger charge is -2.22. The zero-order chi connectivity index (χ0) is 25.6. The maximum atomic E-state index is 12.7. The number of alkyl halides is 3. The summed E-state index contributed by atoms with van der Waals surface area (Å²) < 4.78 is 31.7. The van der Waals surface area contributed by atoms with Crippen molar-refractivity contribution in [2.75, 3.05) is 38.6 Å². The number of anilines is 1. The summed E-state index contributed by atoms with van der Waals surface area (Å²) in [5.74, 6) is -1.48. The van der Waals surface area contributed by atoms with E-state index in [9.17, 15) is 22.8 Å². The summed E-state index contributed by atoms with van der Waals surface area (Å²) in [5.41, 5.74) is 2.67. The molecule has 0 unspecified atom stereocenters. The molecule has 0 radical (unpaired) electrons. The van der Waals surface area contributed by atoms with Gasteiger partial charge in [0.1, 0.15) is 5.82 Å². The van der Waals surface area contributed by atoms with Crippen LogP contribution in [-0.4, -0.2) is 78.8 Å². The van der Waals surface area contributed by atoms with Crippen molar-refractivity contribution in [1.82, 2.24) is 20.5 Å². The number of nitrogens with zero attached hydrogens (tertiary/aromatic N) is 3. The van der Waals surface area contributed by atoms with Crippen molar-refractivity contribution in [2.45, 2.75) is 51.7 Å². The number of pyridine rings is 1. The predicted octanol–water partition coefficient (Wildman–Crippen LogP) is 2.44. The first-order valence-electron chi connectivity index (χ1n) is 11.1. The largest absolute Gasteiger partial charge is 0.490 e. The van der Waals surface area contributed by atoms with Crippen molar-refractivity contribution in [3.05, 3.63) is 22.9 Å². The molecule has 2 aliphatic rings. The van der Waals surface area contributed by atoms with Crippen LogP contribution in [0.1, 0.15) is 48.3 Å². The Morgan fingerprint density at radius 3 is 2.29 bits per heavy atom. The number of nitrogens with one attached hydrogen (secondary N) is 2. The second-order valence-electron chi connectivity index (χ2n) is 8.91. The number of carbonyl (C=O) groups excluding carboxylic acids is 2. The third-order valence-electron chi connectivity index (χ3n) is 5.30. The molecule has 2 heterocycles. The number of aliphatic carboxylic acids is 1. The van der Waals surface area contributed by atoms with Gasteiger partial charge in [-0.3, -0.25) is 4.79 Å². The Labute approximate surface area is 196 Å². The molecule has 0 saturated heterocycles. The van der Waals surface area contributed by atoms with E-state index in [1.54, 1.807) is 0 Å². The van der Waals surface area contributed by atoms with Crippen molar-refractivity contribution in [3.8, 4) is 0 Å². The second-order valence-corrected chi connectivity index (χ2v) is 8.91. The molecule has 0 aromatic carbocycles. The fraction of sp³-hybridized carbons (Fsp3) is 0.636. The Bertz CT molecular complexity index is 901. The molecule has 1 aromatic heterocycles. The SMILES string of the molecule is CC(C)NC(=O)N1CCc2cc(C(=O)NCC3CC3)c(N(C)C)nc2CC1.O=C(O)C(F)(F)F. The molecule has 3 amide bonds. The van der Waals surface area contributed by atoms with Crippen molar-refractivity contribution >= 4 is 23.7 Å². The molecule has 3 rings (SSSR count). The molecule has 34 heavy (non-hydrogen) atoms. The van der Waals surface area contributed by atoms with Crippen LogP contribution in [-0.2, 0) is 17.6 Å². The average molecular weight is 488 g/mol. The molecule has 0 spiro atoms. The summed E-state index contributed by atoms with van der Waals surface area (Å²) in [6.07, 6.45) is -1.26. The zero-order valence-electron chi connectivity index (χ0n) is 19.8. The van der Waals surface area contributed by atoms with Crippen LogP contribution in [0.25, 0.3) is 0 Å². The molecule has 0 bridgehead atoms. The summed E-state index contributed by atoms with van der Waals surface area (Å²) in [6, 6.07) is 2.06. The predicted molar refractivity (Wildman–Crippen MR) is 120 cm³/mol. The van der Waals surface area contributed by atoms with Crippen LogP contribution in [0.4, 0.5) is 23.8 Å². The first-order valence-corrected chi connectivity index (χ1v) is 11.1. The van der Waals surface area contributed by atoms with Gasteiger partial charge in [0.05, 0.1) is 5.56 Å². The van der Waals surface area contributed by atoms with Gasteiger partial charge in [0.2, 0.25) is 0 Å². The lowest BCUT2D eigenvalue weighted by atomic mass is 10.0. The number of rotatable bonds is 5. The zero-order valence-corrected chi connectivity index (χ0v) is 19.8. The van der Waals surface area contributed by atoms with Crippen LogP contribution in [0.2, 0.25) is 0 Å². The normalized spacial score (nSPS) is 15.5. The maximum absolute atomic E-state index is 12.7. The molecule has 12 heteroatoms. The second kappa shape index (κ2) is 11.4. The number of hydrogen-bond donors (Lipinski definition) is 3.